The molecule has 3 aromatic rings. The Hall–Kier alpha value is -3.15. The molecule has 6 heteroatoms. The van der Waals surface area contributed by atoms with E-state index in [0.29, 0.717) is 41.4 Å². The van der Waals surface area contributed by atoms with Crippen LogP contribution in [0.1, 0.15) is 16.1 Å². The Morgan fingerprint density at radius 2 is 2.00 bits per heavy atom. The number of hydrogen-bond donors (Lipinski definition) is 0. The fraction of sp³-hybridized carbons (Fsp3) is 0.238. The molecule has 0 spiro atoms. The van der Waals surface area contributed by atoms with Gasteiger partial charge in [0, 0.05) is 18.5 Å². The molecule has 27 heavy (non-hydrogen) atoms. The van der Waals surface area contributed by atoms with E-state index in [2.05, 4.69) is 4.98 Å². The lowest BCUT2D eigenvalue weighted by Gasteiger charge is -2.29. The van der Waals surface area contributed by atoms with Crippen molar-refractivity contribution >= 4 is 16.8 Å². The van der Waals surface area contributed by atoms with Crippen LogP contribution in [0.25, 0.3) is 10.9 Å². The van der Waals surface area contributed by atoms with Crippen molar-refractivity contribution in [3.63, 3.8) is 0 Å². The molecule has 0 N–H and O–H groups in total. The van der Waals surface area contributed by atoms with Crippen LogP contribution < -0.4 is 9.47 Å². The predicted molar refractivity (Wildman–Crippen MR) is 99.8 cm³/mol. The Morgan fingerprint density at radius 1 is 1.22 bits per heavy atom. The number of para-hydroxylation sites is 2. The third kappa shape index (κ3) is 3.43. The summed E-state index contributed by atoms with van der Waals surface area (Å²) in [5.41, 5.74) is 1.59. The first-order valence-electron chi connectivity index (χ1n) is 8.72. The molecular weight excluding hydrogens is 347 g/mol. The average Bonchev–Trinajstić information content (AvgIpc) is 2.66. The van der Waals surface area contributed by atoms with Crippen LogP contribution in [0.4, 0.5) is 4.39 Å². The normalized spacial score (nSPS) is 15.6. The van der Waals surface area contributed by atoms with Crippen LogP contribution in [0.15, 0.2) is 48.5 Å². The van der Waals surface area contributed by atoms with E-state index in [1.165, 1.54) is 12.1 Å². The van der Waals surface area contributed by atoms with Gasteiger partial charge in [-0.3, -0.25) is 9.78 Å². The van der Waals surface area contributed by atoms with E-state index in [1.54, 1.807) is 31.0 Å². The van der Waals surface area contributed by atoms with Crippen molar-refractivity contribution in [1.82, 2.24) is 9.88 Å². The number of amides is 1. The molecule has 1 aromatic heterocycles. The number of aryl methyl sites for hydroxylation is 1. The molecule has 5 nitrogen and oxygen atoms in total. The molecule has 0 aliphatic carbocycles. The Bertz CT molecular complexity index is 1020. The zero-order valence-electron chi connectivity index (χ0n) is 15.1. The highest BCUT2D eigenvalue weighted by molar-refractivity contribution is 5.98. The van der Waals surface area contributed by atoms with Crippen LogP contribution in [0.3, 0.4) is 0 Å². The highest BCUT2D eigenvalue weighted by Gasteiger charge is 2.25. The summed E-state index contributed by atoms with van der Waals surface area (Å²) in [6.07, 6.45) is -0.253. The van der Waals surface area contributed by atoms with Gasteiger partial charge >= 0.3 is 0 Å². The van der Waals surface area contributed by atoms with Crippen LogP contribution in [0, 0.1) is 12.7 Å². The number of rotatable bonds is 3. The number of ether oxygens (including phenoxy) is 2. The smallest absolute Gasteiger partial charge is 0.255 e. The Morgan fingerprint density at radius 3 is 2.81 bits per heavy atom. The van der Waals surface area contributed by atoms with Crippen molar-refractivity contribution in [2.75, 3.05) is 20.2 Å². The molecule has 4 rings (SSSR count). The third-order valence-electron chi connectivity index (χ3n) is 4.59. The lowest BCUT2D eigenvalue weighted by atomic mass is 10.1. The molecule has 1 aliphatic heterocycles. The minimum absolute atomic E-state index is 0.159. The second-order valence-corrected chi connectivity index (χ2v) is 6.64. The summed E-state index contributed by atoms with van der Waals surface area (Å²) < 4.78 is 25.0. The van der Waals surface area contributed by atoms with Gasteiger partial charge in [0.05, 0.1) is 23.3 Å². The van der Waals surface area contributed by atoms with Gasteiger partial charge in [0.15, 0.2) is 17.6 Å². The van der Waals surface area contributed by atoms with Gasteiger partial charge in [-0.1, -0.05) is 12.1 Å². The number of benzene rings is 2. The molecule has 1 atom stereocenters. The number of aromatic nitrogens is 1. The highest BCUT2D eigenvalue weighted by Crippen LogP contribution is 2.31. The first-order valence-corrected chi connectivity index (χ1v) is 8.72. The lowest BCUT2D eigenvalue weighted by Crippen LogP contribution is -2.42. The van der Waals surface area contributed by atoms with E-state index in [1.807, 2.05) is 24.3 Å². The summed E-state index contributed by atoms with van der Waals surface area (Å²) in [5.74, 6) is 0.888. The van der Waals surface area contributed by atoms with Gasteiger partial charge in [-0.2, -0.15) is 0 Å². The monoisotopic (exact) mass is 366 g/mol. The van der Waals surface area contributed by atoms with Crippen LogP contribution in [0.2, 0.25) is 0 Å². The maximum Gasteiger partial charge on any atom is 0.255 e. The maximum atomic E-state index is 13.4. The summed E-state index contributed by atoms with van der Waals surface area (Å²) in [5, 5.41) is 0.727. The first-order chi connectivity index (χ1) is 13.0. The Kier molecular flexibility index (Phi) is 4.39. The number of halogens is 1. The molecule has 2 heterocycles. The Balaban J connectivity index is 1.52. The summed E-state index contributed by atoms with van der Waals surface area (Å²) in [6, 6.07) is 13.6. The summed E-state index contributed by atoms with van der Waals surface area (Å²) in [7, 11) is 1.72. The number of carbonyl (C=O) groups excluding carboxylic acids is 1. The van der Waals surface area contributed by atoms with Crippen LogP contribution in [0.5, 0.6) is 11.5 Å². The van der Waals surface area contributed by atoms with Crippen molar-refractivity contribution in [2.45, 2.75) is 13.0 Å². The van der Waals surface area contributed by atoms with Crippen molar-refractivity contribution < 1.29 is 18.7 Å². The minimum Gasteiger partial charge on any atom is -0.486 e. The van der Waals surface area contributed by atoms with E-state index in [0.717, 1.165) is 5.39 Å². The number of fused-ring (bicyclic) bond motifs is 2. The van der Waals surface area contributed by atoms with Gasteiger partial charge in [-0.05, 0) is 37.3 Å². The van der Waals surface area contributed by atoms with Crippen molar-refractivity contribution in [1.29, 1.82) is 0 Å². The third-order valence-corrected chi connectivity index (χ3v) is 4.59. The zero-order chi connectivity index (χ0) is 19.0. The molecule has 2 aromatic carbocycles. The lowest BCUT2D eigenvalue weighted by molar-refractivity contribution is 0.0520. The second-order valence-electron chi connectivity index (χ2n) is 6.64. The fourth-order valence-electron chi connectivity index (χ4n) is 3.20. The molecule has 138 valence electrons. The molecule has 0 saturated carbocycles. The quantitative estimate of drug-likeness (QED) is 0.711. The molecule has 0 saturated heterocycles. The van der Waals surface area contributed by atoms with Crippen LogP contribution in [-0.2, 0) is 0 Å². The van der Waals surface area contributed by atoms with E-state index in [9.17, 15) is 9.18 Å². The number of pyridine rings is 1. The molecule has 0 fully saturated rings. The average molecular weight is 366 g/mol. The second kappa shape index (κ2) is 6.87. The van der Waals surface area contributed by atoms with Gasteiger partial charge in [0.2, 0.25) is 0 Å². The standard InChI is InChI=1S/C21H19FN2O3/c1-13-17(9-14-7-8-15(22)10-18(14)23-13)21(25)24(2)11-16-12-26-19-5-3-4-6-20(19)27-16/h3-10,16H,11-12H2,1-2H3. The number of likely N-dealkylation sites (N-methyl/N-ethyl adjacent to an activating group) is 1. The van der Waals surface area contributed by atoms with Crippen molar-refractivity contribution in [2.24, 2.45) is 0 Å². The van der Waals surface area contributed by atoms with Crippen LogP contribution in [-0.4, -0.2) is 42.1 Å². The largest absolute Gasteiger partial charge is 0.486 e. The zero-order valence-corrected chi connectivity index (χ0v) is 15.1. The van der Waals surface area contributed by atoms with E-state index >= 15 is 0 Å². The number of hydrogen-bond acceptors (Lipinski definition) is 4. The number of nitrogens with zero attached hydrogens (tertiary/aromatic N) is 2. The first kappa shape index (κ1) is 17.3. The van der Waals surface area contributed by atoms with Crippen molar-refractivity contribution in [3.05, 3.63) is 65.6 Å². The van der Waals surface area contributed by atoms with E-state index in [4.69, 9.17) is 9.47 Å². The molecule has 0 bridgehead atoms. The minimum atomic E-state index is -0.347. The molecule has 1 amide bonds. The van der Waals surface area contributed by atoms with E-state index < -0.39 is 0 Å². The van der Waals surface area contributed by atoms with Gasteiger partial charge in [0.1, 0.15) is 12.4 Å². The highest BCUT2D eigenvalue weighted by atomic mass is 19.1. The molecule has 1 aliphatic rings. The SMILES string of the molecule is Cc1nc2cc(F)ccc2cc1C(=O)N(C)CC1COc2ccccc2O1. The van der Waals surface area contributed by atoms with Gasteiger partial charge in [-0.15, -0.1) is 0 Å². The summed E-state index contributed by atoms with van der Waals surface area (Å²) in [4.78, 5) is 18.9. The van der Waals surface area contributed by atoms with Gasteiger partial charge in [0.25, 0.3) is 5.91 Å². The van der Waals surface area contributed by atoms with Gasteiger partial charge in [-0.25, -0.2) is 4.39 Å². The van der Waals surface area contributed by atoms with Crippen molar-refractivity contribution in [3.8, 4) is 11.5 Å². The molecule has 0 radical (unpaired) electrons. The fourth-order valence-corrected chi connectivity index (χ4v) is 3.20. The van der Waals surface area contributed by atoms with E-state index in [-0.39, 0.29) is 17.8 Å². The predicted octanol–water partition coefficient (Wildman–Crippen LogP) is 3.59. The molecule has 1 unspecified atom stereocenters. The summed E-state index contributed by atoms with van der Waals surface area (Å²) >= 11 is 0. The number of carbonyl (C=O) groups is 1. The Labute approximate surface area is 156 Å². The topological polar surface area (TPSA) is 51.7 Å². The maximum absolute atomic E-state index is 13.4. The summed E-state index contributed by atoms with van der Waals surface area (Å²) in [6.45, 7) is 2.51. The van der Waals surface area contributed by atoms with Crippen LogP contribution >= 0.6 is 0 Å². The molecular formula is C21H19FN2O3. The van der Waals surface area contributed by atoms with Gasteiger partial charge < -0.3 is 14.4 Å².